The second kappa shape index (κ2) is 6.76. The zero-order chi connectivity index (χ0) is 16.4. The molecule has 1 aliphatic heterocycles. The Bertz CT molecular complexity index is 621. The van der Waals surface area contributed by atoms with E-state index in [1.54, 1.807) is 0 Å². The minimum absolute atomic E-state index is 0.223. The summed E-state index contributed by atoms with van der Waals surface area (Å²) in [5.74, 6) is -0.536. The van der Waals surface area contributed by atoms with Crippen LogP contribution in [0.15, 0.2) is 18.2 Å². The van der Waals surface area contributed by atoms with Gasteiger partial charge in [0.2, 0.25) is 0 Å². The van der Waals surface area contributed by atoms with Crippen LogP contribution in [-0.4, -0.2) is 34.8 Å². The molecule has 1 aromatic carbocycles. The lowest BCUT2D eigenvalue weighted by molar-refractivity contribution is -0.116. The van der Waals surface area contributed by atoms with E-state index in [4.69, 9.17) is 23.2 Å². The van der Waals surface area contributed by atoms with Gasteiger partial charge in [-0.25, -0.2) is 19.4 Å². The van der Waals surface area contributed by atoms with Gasteiger partial charge in [0, 0.05) is 10.0 Å². The van der Waals surface area contributed by atoms with E-state index in [1.165, 1.54) is 18.2 Å². The highest BCUT2D eigenvalue weighted by atomic mass is 35.5. The molecule has 1 N–H and O–H groups in total. The summed E-state index contributed by atoms with van der Waals surface area (Å²) in [7, 11) is 0. The number of imide groups is 2. The standard InChI is InChI=1S/C13H13Cl2N3O3S/c1-2-10(22)16-12(20)17-6-11(19)18(13(17)21)9-4-7(14)3-8(15)5-9/h3-5,10,22H,2,6H2,1H3,(H,16,20). The third kappa shape index (κ3) is 3.48. The zero-order valence-electron chi connectivity index (χ0n) is 11.5. The van der Waals surface area contributed by atoms with E-state index in [9.17, 15) is 14.4 Å². The number of thiol groups is 1. The molecule has 0 bridgehead atoms. The van der Waals surface area contributed by atoms with Crippen molar-refractivity contribution in [2.24, 2.45) is 0 Å². The largest absolute Gasteiger partial charge is 0.340 e. The molecule has 1 fully saturated rings. The molecule has 9 heteroatoms. The first-order valence-electron chi connectivity index (χ1n) is 6.42. The van der Waals surface area contributed by atoms with Crippen LogP contribution in [0.4, 0.5) is 15.3 Å². The molecule has 2 rings (SSSR count). The van der Waals surface area contributed by atoms with Gasteiger partial charge in [0.15, 0.2) is 0 Å². The van der Waals surface area contributed by atoms with Crippen LogP contribution < -0.4 is 10.2 Å². The van der Waals surface area contributed by atoms with Crippen molar-refractivity contribution in [2.45, 2.75) is 18.7 Å². The molecule has 0 aromatic heterocycles. The first-order chi connectivity index (χ1) is 10.3. The normalized spacial score (nSPS) is 16.2. The number of hydrogen-bond donors (Lipinski definition) is 2. The minimum atomic E-state index is -0.752. The number of rotatable bonds is 3. The molecule has 1 saturated heterocycles. The molecule has 22 heavy (non-hydrogen) atoms. The molecule has 5 amide bonds. The summed E-state index contributed by atoms with van der Waals surface area (Å²) in [5.41, 5.74) is 0.223. The Labute approximate surface area is 142 Å². The lowest BCUT2D eigenvalue weighted by Crippen LogP contribution is -2.45. The fourth-order valence-corrected chi connectivity index (χ4v) is 2.53. The van der Waals surface area contributed by atoms with Crippen molar-refractivity contribution in [1.29, 1.82) is 0 Å². The number of anilines is 1. The monoisotopic (exact) mass is 361 g/mol. The molecular formula is C13H13Cl2N3O3S. The number of urea groups is 2. The molecule has 0 aliphatic carbocycles. The summed E-state index contributed by atoms with van der Waals surface area (Å²) in [6, 6.07) is 2.92. The number of benzene rings is 1. The van der Waals surface area contributed by atoms with Gasteiger partial charge in [-0.15, -0.1) is 0 Å². The number of carbonyl (C=O) groups excluding carboxylic acids is 3. The van der Waals surface area contributed by atoms with Crippen LogP contribution in [0.5, 0.6) is 0 Å². The number of carbonyl (C=O) groups is 3. The zero-order valence-corrected chi connectivity index (χ0v) is 14.0. The molecule has 0 spiro atoms. The van der Waals surface area contributed by atoms with Gasteiger partial charge < -0.3 is 5.32 Å². The third-order valence-corrected chi connectivity index (χ3v) is 3.92. The Kier molecular flexibility index (Phi) is 5.20. The van der Waals surface area contributed by atoms with Gasteiger partial charge in [-0.05, 0) is 24.6 Å². The summed E-state index contributed by atoms with van der Waals surface area (Å²) in [6.07, 6.45) is 0.582. The summed E-state index contributed by atoms with van der Waals surface area (Å²) in [4.78, 5) is 38.0. The van der Waals surface area contributed by atoms with Crippen molar-refractivity contribution >= 4 is 59.5 Å². The molecule has 6 nitrogen and oxygen atoms in total. The highest BCUT2D eigenvalue weighted by molar-refractivity contribution is 7.80. The van der Waals surface area contributed by atoms with E-state index >= 15 is 0 Å². The average Bonchev–Trinajstić information content (AvgIpc) is 2.72. The molecule has 1 heterocycles. The quantitative estimate of drug-likeness (QED) is 0.493. The molecule has 0 saturated carbocycles. The summed E-state index contributed by atoms with van der Waals surface area (Å²) in [6.45, 7) is 1.48. The first kappa shape index (κ1) is 16.9. The maximum absolute atomic E-state index is 12.3. The van der Waals surface area contributed by atoms with E-state index in [-0.39, 0.29) is 22.3 Å². The van der Waals surface area contributed by atoms with Crippen LogP contribution in [0.1, 0.15) is 13.3 Å². The number of nitrogens with one attached hydrogen (secondary N) is 1. The fraction of sp³-hybridized carbons (Fsp3) is 0.308. The van der Waals surface area contributed by atoms with Crippen molar-refractivity contribution in [3.8, 4) is 0 Å². The maximum atomic E-state index is 12.3. The highest BCUT2D eigenvalue weighted by Gasteiger charge is 2.41. The van der Waals surface area contributed by atoms with Crippen LogP contribution in [0.25, 0.3) is 0 Å². The van der Waals surface area contributed by atoms with E-state index in [0.717, 1.165) is 9.80 Å². The SMILES string of the molecule is CCC(S)NC(=O)N1CC(=O)N(c2cc(Cl)cc(Cl)c2)C1=O. The second-order valence-electron chi connectivity index (χ2n) is 4.60. The van der Waals surface area contributed by atoms with Gasteiger partial charge in [0.1, 0.15) is 6.54 Å². The number of hydrogen-bond acceptors (Lipinski definition) is 4. The molecule has 0 radical (unpaired) electrons. The lowest BCUT2D eigenvalue weighted by Gasteiger charge is -2.18. The molecular weight excluding hydrogens is 349 g/mol. The van der Waals surface area contributed by atoms with Crippen molar-refractivity contribution in [2.75, 3.05) is 11.4 Å². The Morgan fingerprint density at radius 2 is 1.91 bits per heavy atom. The predicted octanol–water partition coefficient (Wildman–Crippen LogP) is 3.14. The summed E-state index contributed by atoms with van der Waals surface area (Å²) < 4.78 is 0. The predicted molar refractivity (Wildman–Crippen MR) is 87.6 cm³/mol. The van der Waals surface area contributed by atoms with E-state index in [0.29, 0.717) is 6.42 Å². The number of amides is 5. The van der Waals surface area contributed by atoms with Gasteiger partial charge in [0.05, 0.1) is 11.1 Å². The van der Waals surface area contributed by atoms with Crippen molar-refractivity contribution in [3.63, 3.8) is 0 Å². The van der Waals surface area contributed by atoms with Crippen LogP contribution in [0, 0.1) is 0 Å². The fourth-order valence-electron chi connectivity index (χ4n) is 1.90. The smallest absolute Gasteiger partial charge is 0.326 e. The van der Waals surface area contributed by atoms with Crippen LogP contribution in [0.3, 0.4) is 0 Å². The minimum Gasteiger partial charge on any atom is -0.326 e. The van der Waals surface area contributed by atoms with Gasteiger partial charge in [-0.1, -0.05) is 30.1 Å². The van der Waals surface area contributed by atoms with Crippen LogP contribution >= 0.6 is 35.8 Å². The van der Waals surface area contributed by atoms with Gasteiger partial charge >= 0.3 is 12.1 Å². The number of nitrogens with zero attached hydrogens (tertiary/aromatic N) is 2. The Hall–Kier alpha value is -1.44. The maximum Gasteiger partial charge on any atom is 0.340 e. The van der Waals surface area contributed by atoms with Gasteiger partial charge in [-0.3, -0.25) is 4.79 Å². The summed E-state index contributed by atoms with van der Waals surface area (Å²) in [5, 5.41) is 2.69. The molecule has 1 unspecified atom stereocenters. The van der Waals surface area contributed by atoms with Crippen LogP contribution in [0.2, 0.25) is 10.0 Å². The van der Waals surface area contributed by atoms with Crippen molar-refractivity contribution in [3.05, 3.63) is 28.2 Å². The highest BCUT2D eigenvalue weighted by Crippen LogP contribution is 2.28. The van der Waals surface area contributed by atoms with E-state index < -0.39 is 23.3 Å². The Morgan fingerprint density at radius 1 is 1.32 bits per heavy atom. The van der Waals surface area contributed by atoms with Crippen molar-refractivity contribution < 1.29 is 14.4 Å². The molecule has 1 aromatic rings. The van der Waals surface area contributed by atoms with E-state index in [2.05, 4.69) is 17.9 Å². The second-order valence-corrected chi connectivity index (χ2v) is 6.10. The lowest BCUT2D eigenvalue weighted by atomic mass is 10.3. The number of halogens is 2. The Balaban J connectivity index is 2.23. The Morgan fingerprint density at radius 3 is 2.45 bits per heavy atom. The molecule has 118 valence electrons. The topological polar surface area (TPSA) is 69.7 Å². The van der Waals surface area contributed by atoms with E-state index in [1.807, 2.05) is 6.92 Å². The average molecular weight is 362 g/mol. The van der Waals surface area contributed by atoms with Crippen molar-refractivity contribution in [1.82, 2.24) is 10.2 Å². The molecule has 1 atom stereocenters. The van der Waals surface area contributed by atoms with Gasteiger partial charge in [-0.2, -0.15) is 12.6 Å². The van der Waals surface area contributed by atoms with Crippen LogP contribution in [-0.2, 0) is 4.79 Å². The third-order valence-electron chi connectivity index (χ3n) is 2.99. The molecule has 1 aliphatic rings. The van der Waals surface area contributed by atoms with Gasteiger partial charge in [0.25, 0.3) is 5.91 Å². The first-order valence-corrected chi connectivity index (χ1v) is 7.69. The summed E-state index contributed by atoms with van der Waals surface area (Å²) >= 11 is 15.9.